The number of carbonyl (C=O) groups excluding carboxylic acids is 1. The molecule has 0 aliphatic rings. The van der Waals surface area contributed by atoms with Crippen LogP contribution in [0.15, 0.2) is 5.16 Å². The van der Waals surface area contributed by atoms with Crippen LogP contribution in [0.5, 0.6) is 0 Å². The lowest BCUT2D eigenvalue weighted by Gasteiger charge is -2.04. The van der Waals surface area contributed by atoms with Gasteiger partial charge < -0.3 is 4.74 Å². The molecule has 82 valence electrons. The van der Waals surface area contributed by atoms with E-state index in [1.54, 1.807) is 0 Å². The van der Waals surface area contributed by atoms with Crippen molar-refractivity contribution < 1.29 is 13.7 Å². The minimum Gasteiger partial charge on any atom is -0.465 e. The summed E-state index contributed by atoms with van der Waals surface area (Å²) in [7, 11) is -0.235. The lowest BCUT2D eigenvalue weighted by Crippen LogP contribution is -2.08. The van der Waals surface area contributed by atoms with E-state index in [9.17, 15) is 9.00 Å². The van der Waals surface area contributed by atoms with Crippen molar-refractivity contribution in [1.29, 1.82) is 0 Å². The first-order valence-corrected chi connectivity index (χ1v) is 5.93. The highest BCUT2D eigenvalue weighted by molar-refractivity contribution is 7.84. The summed E-state index contributed by atoms with van der Waals surface area (Å²) >= 11 is 11.4. The van der Waals surface area contributed by atoms with E-state index in [1.165, 1.54) is 13.4 Å². The molecule has 8 heteroatoms. The number of hydrogen-bond donors (Lipinski definition) is 0. The zero-order valence-electron chi connectivity index (χ0n) is 7.78. The Morgan fingerprint density at radius 1 is 1.33 bits per heavy atom. The standard InChI is InChI=1S/C7H6Cl2N2O3S/c1-14-6(12)3-4(8)10-7(15(2)13)11-5(3)9/h1-2H3/t15-/m0/s1. The van der Waals surface area contributed by atoms with Gasteiger partial charge in [-0.25, -0.2) is 14.8 Å². The summed E-state index contributed by atoms with van der Waals surface area (Å²) in [5, 5.41) is -0.378. The average Bonchev–Trinajstić information content (AvgIpc) is 2.16. The van der Waals surface area contributed by atoms with E-state index in [2.05, 4.69) is 14.7 Å². The van der Waals surface area contributed by atoms with Gasteiger partial charge in [-0.1, -0.05) is 23.2 Å². The number of rotatable bonds is 2. The van der Waals surface area contributed by atoms with E-state index in [-0.39, 0.29) is 21.0 Å². The Balaban J connectivity index is 3.33. The molecule has 0 aliphatic carbocycles. The molecule has 0 bridgehead atoms. The molecule has 1 atom stereocenters. The molecule has 1 rings (SSSR count). The van der Waals surface area contributed by atoms with Gasteiger partial charge >= 0.3 is 5.97 Å². The third-order valence-electron chi connectivity index (χ3n) is 1.45. The second-order valence-corrected chi connectivity index (χ2v) is 4.40. The monoisotopic (exact) mass is 268 g/mol. The topological polar surface area (TPSA) is 69.2 Å². The molecular weight excluding hydrogens is 263 g/mol. The summed E-state index contributed by atoms with van der Waals surface area (Å²) in [5.41, 5.74) is -0.130. The predicted molar refractivity (Wildman–Crippen MR) is 55.7 cm³/mol. The Morgan fingerprint density at radius 2 is 1.80 bits per heavy atom. The van der Waals surface area contributed by atoms with Gasteiger partial charge in [-0.15, -0.1) is 0 Å². The van der Waals surface area contributed by atoms with Gasteiger partial charge in [0.25, 0.3) is 0 Å². The van der Waals surface area contributed by atoms with Crippen molar-refractivity contribution >= 4 is 40.0 Å². The van der Waals surface area contributed by atoms with Gasteiger partial charge in [0, 0.05) is 6.26 Å². The molecular formula is C7H6Cl2N2O3S. The molecule has 0 saturated carbocycles. The molecule has 0 saturated heterocycles. The molecule has 5 nitrogen and oxygen atoms in total. The quantitative estimate of drug-likeness (QED) is 0.460. The minimum absolute atomic E-state index is 0.0300. The summed E-state index contributed by atoms with van der Waals surface area (Å²) in [4.78, 5) is 18.5. The molecule has 1 aromatic rings. The number of carbonyl (C=O) groups is 1. The van der Waals surface area contributed by atoms with Crippen molar-refractivity contribution in [2.75, 3.05) is 13.4 Å². The van der Waals surface area contributed by atoms with Gasteiger partial charge in [0.15, 0.2) is 0 Å². The van der Waals surface area contributed by atoms with Crippen LogP contribution in [-0.4, -0.2) is 33.5 Å². The van der Waals surface area contributed by atoms with Crippen molar-refractivity contribution in [1.82, 2.24) is 9.97 Å². The van der Waals surface area contributed by atoms with Crippen molar-refractivity contribution in [3.8, 4) is 0 Å². The Hall–Kier alpha value is -0.720. The Kier molecular flexibility index (Phi) is 4.01. The summed E-state index contributed by atoms with van der Waals surface area (Å²) in [6.45, 7) is 0. The molecule has 0 aromatic carbocycles. The van der Waals surface area contributed by atoms with Gasteiger partial charge in [0.2, 0.25) is 5.16 Å². The van der Waals surface area contributed by atoms with E-state index in [0.29, 0.717) is 0 Å². The van der Waals surface area contributed by atoms with Gasteiger partial charge in [-0.2, -0.15) is 0 Å². The number of ether oxygens (including phenoxy) is 1. The first-order chi connectivity index (χ1) is 6.97. The number of esters is 1. The fourth-order valence-corrected chi connectivity index (χ4v) is 1.87. The zero-order chi connectivity index (χ0) is 11.6. The van der Waals surface area contributed by atoms with Crippen LogP contribution in [0.3, 0.4) is 0 Å². The van der Waals surface area contributed by atoms with Gasteiger partial charge in [-0.3, -0.25) is 4.21 Å². The smallest absolute Gasteiger partial charge is 0.344 e. The highest BCUT2D eigenvalue weighted by Gasteiger charge is 2.20. The second kappa shape index (κ2) is 4.87. The van der Waals surface area contributed by atoms with Crippen LogP contribution < -0.4 is 0 Å². The van der Waals surface area contributed by atoms with E-state index in [4.69, 9.17) is 23.2 Å². The number of nitrogens with zero attached hydrogens (tertiary/aromatic N) is 2. The maximum Gasteiger partial charge on any atom is 0.344 e. The fourth-order valence-electron chi connectivity index (χ4n) is 0.789. The first kappa shape index (κ1) is 12.4. The van der Waals surface area contributed by atoms with Gasteiger partial charge in [-0.05, 0) is 0 Å². The maximum absolute atomic E-state index is 11.2. The summed E-state index contributed by atoms with van der Waals surface area (Å²) in [6, 6.07) is 0. The maximum atomic E-state index is 11.2. The SMILES string of the molecule is COC(=O)c1c(Cl)nc([S@](C)=O)nc1Cl. The lowest BCUT2D eigenvalue weighted by molar-refractivity contribution is 0.0600. The number of hydrogen-bond acceptors (Lipinski definition) is 5. The fraction of sp³-hybridized carbons (Fsp3) is 0.286. The van der Waals surface area contributed by atoms with Crippen molar-refractivity contribution in [3.05, 3.63) is 15.9 Å². The van der Waals surface area contributed by atoms with Crippen molar-refractivity contribution in [3.63, 3.8) is 0 Å². The lowest BCUT2D eigenvalue weighted by atomic mass is 10.3. The van der Waals surface area contributed by atoms with E-state index in [1.807, 2.05) is 0 Å². The predicted octanol–water partition coefficient (Wildman–Crippen LogP) is 1.31. The second-order valence-electron chi connectivity index (χ2n) is 2.41. The number of methoxy groups -OCH3 is 1. The molecule has 1 heterocycles. The Labute approximate surface area is 98.2 Å². The van der Waals surface area contributed by atoms with Crippen molar-refractivity contribution in [2.24, 2.45) is 0 Å². The van der Waals surface area contributed by atoms with Crippen molar-refractivity contribution in [2.45, 2.75) is 5.16 Å². The average molecular weight is 269 g/mol. The Morgan fingerprint density at radius 3 is 2.13 bits per heavy atom. The van der Waals surface area contributed by atoms with Crippen LogP contribution >= 0.6 is 23.2 Å². The number of halogens is 2. The highest BCUT2D eigenvalue weighted by Crippen LogP contribution is 2.22. The minimum atomic E-state index is -1.42. The van der Waals surface area contributed by atoms with Gasteiger partial charge in [0.1, 0.15) is 15.9 Å². The molecule has 0 amide bonds. The molecule has 0 fully saturated rings. The highest BCUT2D eigenvalue weighted by atomic mass is 35.5. The van der Waals surface area contributed by atoms with E-state index >= 15 is 0 Å². The van der Waals surface area contributed by atoms with Crippen LogP contribution in [0.2, 0.25) is 10.3 Å². The summed E-state index contributed by atoms with van der Waals surface area (Å²) in [6.07, 6.45) is 1.37. The van der Waals surface area contributed by atoms with Crippen LogP contribution in [-0.2, 0) is 15.5 Å². The first-order valence-electron chi connectivity index (χ1n) is 3.62. The molecule has 15 heavy (non-hydrogen) atoms. The molecule has 0 aliphatic heterocycles. The van der Waals surface area contributed by atoms with Crippen LogP contribution in [0.25, 0.3) is 0 Å². The molecule has 0 spiro atoms. The van der Waals surface area contributed by atoms with E-state index in [0.717, 1.165) is 0 Å². The van der Waals surface area contributed by atoms with Gasteiger partial charge in [0.05, 0.1) is 17.9 Å². The summed E-state index contributed by atoms with van der Waals surface area (Å²) < 4.78 is 15.5. The molecule has 0 N–H and O–H groups in total. The summed E-state index contributed by atoms with van der Waals surface area (Å²) in [5.74, 6) is -0.738. The van der Waals surface area contributed by atoms with Crippen LogP contribution in [0.1, 0.15) is 10.4 Å². The third kappa shape index (κ3) is 2.64. The zero-order valence-corrected chi connectivity index (χ0v) is 10.1. The van der Waals surface area contributed by atoms with Crippen LogP contribution in [0, 0.1) is 0 Å². The number of aromatic nitrogens is 2. The Bertz CT molecular complexity index is 415. The molecule has 1 aromatic heterocycles. The van der Waals surface area contributed by atoms with Crippen LogP contribution in [0.4, 0.5) is 0 Å². The third-order valence-corrected chi connectivity index (χ3v) is 2.69. The largest absolute Gasteiger partial charge is 0.465 e. The molecule has 0 unspecified atom stereocenters. The molecule has 0 radical (unpaired) electrons. The normalized spacial score (nSPS) is 12.3. The van der Waals surface area contributed by atoms with E-state index < -0.39 is 16.8 Å².